The number of hydrogen-bond acceptors (Lipinski definition) is 1. The Bertz CT molecular complexity index is 138. The second-order valence-electron chi connectivity index (χ2n) is 1.31. The molecule has 1 nitrogen and oxygen atoms in total. The van der Waals surface area contributed by atoms with Crippen molar-refractivity contribution in [3.8, 4) is 5.75 Å². The summed E-state index contributed by atoms with van der Waals surface area (Å²) in [6, 6.07) is 8.33. The molecule has 0 aliphatic rings. The van der Waals surface area contributed by atoms with Crippen LogP contribution in [0.2, 0.25) is 0 Å². The molecule has 0 unspecified atom stereocenters. The van der Waals surface area contributed by atoms with Crippen LogP contribution in [0.4, 0.5) is 0 Å². The zero-order valence-electron chi connectivity index (χ0n) is 4.13. The van der Waals surface area contributed by atoms with Gasteiger partial charge in [0.25, 0.3) is 0 Å². The second kappa shape index (κ2) is 3.62. The Labute approximate surface area is 61.1 Å². The summed E-state index contributed by atoms with van der Waals surface area (Å²) in [5, 5.41) is 10.3. The van der Waals surface area contributed by atoms with E-state index in [4.69, 9.17) is 0 Å². The van der Waals surface area contributed by atoms with Crippen molar-refractivity contribution in [2.45, 2.75) is 0 Å². The van der Waals surface area contributed by atoms with Crippen LogP contribution in [-0.4, -0.2) is 0 Å². The number of rotatable bonds is 0. The van der Waals surface area contributed by atoms with Crippen LogP contribution in [-0.2, 0) is 19.5 Å². The molecule has 1 aromatic rings. The predicted octanol–water partition coefficient (Wildman–Crippen LogP) is 0.758. The third kappa shape index (κ3) is 2.08. The fourth-order valence-electron chi connectivity index (χ4n) is 0.420. The SMILES string of the molecule is [O-]c1ccccc1.[Rh]. The Morgan fingerprint density at radius 2 is 1.50 bits per heavy atom. The van der Waals surface area contributed by atoms with E-state index in [1.165, 1.54) is 12.1 Å². The standard InChI is InChI=1S/C6H6O.Rh/c7-6-4-2-1-3-5-6;/h1-5,7H;/p-1. The van der Waals surface area contributed by atoms with Gasteiger partial charge in [-0.15, -0.1) is 5.75 Å². The predicted molar refractivity (Wildman–Crippen MR) is 25.9 cm³/mol. The molecular formula is C6H5ORh-. The molecule has 45 valence electrons. The normalized spacial score (nSPS) is 7.50. The van der Waals surface area contributed by atoms with Crippen molar-refractivity contribution in [3.63, 3.8) is 0 Å². The van der Waals surface area contributed by atoms with Gasteiger partial charge in [-0.25, -0.2) is 0 Å². The maximum absolute atomic E-state index is 10.3. The Balaban J connectivity index is 0.000000490. The molecule has 0 spiro atoms. The molecule has 0 fully saturated rings. The average Bonchev–Trinajstić information content (AvgIpc) is 1.69. The van der Waals surface area contributed by atoms with E-state index in [0.717, 1.165) is 0 Å². The van der Waals surface area contributed by atoms with Crippen molar-refractivity contribution in [1.29, 1.82) is 0 Å². The first-order valence-electron chi connectivity index (χ1n) is 2.11. The van der Waals surface area contributed by atoms with Crippen molar-refractivity contribution in [1.82, 2.24) is 0 Å². The van der Waals surface area contributed by atoms with Crippen molar-refractivity contribution in [3.05, 3.63) is 30.3 Å². The quantitative estimate of drug-likeness (QED) is 0.561. The van der Waals surface area contributed by atoms with Crippen LogP contribution >= 0.6 is 0 Å². The average molecular weight is 196 g/mol. The first kappa shape index (κ1) is 7.64. The van der Waals surface area contributed by atoms with Gasteiger partial charge >= 0.3 is 0 Å². The van der Waals surface area contributed by atoms with Crippen LogP contribution in [0.1, 0.15) is 0 Å². The fourth-order valence-corrected chi connectivity index (χ4v) is 0.420. The van der Waals surface area contributed by atoms with E-state index in [2.05, 4.69) is 0 Å². The molecule has 0 bridgehead atoms. The summed E-state index contributed by atoms with van der Waals surface area (Å²) in [5.74, 6) is 0.0718. The van der Waals surface area contributed by atoms with Crippen LogP contribution in [0.3, 0.4) is 0 Å². The Morgan fingerprint density at radius 1 is 1.00 bits per heavy atom. The van der Waals surface area contributed by atoms with Crippen LogP contribution < -0.4 is 5.11 Å². The number of benzene rings is 1. The smallest absolute Gasteiger partial charge is 0 e. The molecule has 8 heavy (non-hydrogen) atoms. The van der Waals surface area contributed by atoms with Gasteiger partial charge in [-0.05, 0) is 0 Å². The van der Waals surface area contributed by atoms with E-state index in [-0.39, 0.29) is 25.2 Å². The summed E-state index contributed by atoms with van der Waals surface area (Å²) in [5.41, 5.74) is 0. The Hall–Kier alpha value is -0.357. The van der Waals surface area contributed by atoms with Crippen molar-refractivity contribution in [2.24, 2.45) is 0 Å². The summed E-state index contributed by atoms with van der Waals surface area (Å²) in [7, 11) is 0. The van der Waals surface area contributed by atoms with Gasteiger partial charge in [0.1, 0.15) is 0 Å². The molecule has 0 N–H and O–H groups in total. The number of para-hydroxylation sites is 1. The van der Waals surface area contributed by atoms with Crippen LogP contribution in [0.15, 0.2) is 30.3 Å². The summed E-state index contributed by atoms with van der Waals surface area (Å²) in [6.07, 6.45) is 0. The molecule has 0 saturated heterocycles. The first-order chi connectivity index (χ1) is 3.39. The fraction of sp³-hybridized carbons (Fsp3) is 0. The van der Waals surface area contributed by atoms with E-state index in [0.29, 0.717) is 0 Å². The summed E-state index contributed by atoms with van der Waals surface area (Å²) >= 11 is 0. The largest absolute Gasteiger partial charge is 0.872 e. The van der Waals surface area contributed by atoms with Gasteiger partial charge in [-0.2, -0.15) is 0 Å². The summed E-state index contributed by atoms with van der Waals surface area (Å²) in [4.78, 5) is 0. The van der Waals surface area contributed by atoms with E-state index in [1.54, 1.807) is 12.1 Å². The molecule has 0 aromatic heterocycles. The molecule has 0 atom stereocenters. The molecule has 0 heterocycles. The molecular weight excluding hydrogens is 191 g/mol. The molecule has 0 saturated carbocycles. The zero-order chi connectivity index (χ0) is 5.11. The summed E-state index contributed by atoms with van der Waals surface area (Å²) in [6.45, 7) is 0. The van der Waals surface area contributed by atoms with Gasteiger partial charge in [0.15, 0.2) is 0 Å². The molecule has 2 heteroatoms. The van der Waals surface area contributed by atoms with E-state index >= 15 is 0 Å². The van der Waals surface area contributed by atoms with Gasteiger partial charge < -0.3 is 5.11 Å². The molecule has 1 aromatic carbocycles. The first-order valence-corrected chi connectivity index (χ1v) is 2.11. The molecule has 0 amide bonds. The molecule has 0 aliphatic heterocycles. The van der Waals surface area contributed by atoms with Crippen molar-refractivity contribution in [2.75, 3.05) is 0 Å². The third-order valence-electron chi connectivity index (χ3n) is 0.743. The number of hydrogen-bond donors (Lipinski definition) is 0. The van der Waals surface area contributed by atoms with E-state index in [9.17, 15) is 5.11 Å². The minimum Gasteiger partial charge on any atom is -0.872 e. The van der Waals surface area contributed by atoms with Gasteiger partial charge in [-0.1, -0.05) is 30.3 Å². The van der Waals surface area contributed by atoms with E-state index in [1.807, 2.05) is 6.07 Å². The molecule has 1 radical (unpaired) electrons. The van der Waals surface area contributed by atoms with Gasteiger partial charge in [-0.3, -0.25) is 0 Å². The third-order valence-corrected chi connectivity index (χ3v) is 0.743. The van der Waals surface area contributed by atoms with Gasteiger partial charge in [0.05, 0.1) is 0 Å². The Kier molecular flexibility index (Phi) is 3.46. The Morgan fingerprint density at radius 3 is 1.75 bits per heavy atom. The summed E-state index contributed by atoms with van der Waals surface area (Å²) < 4.78 is 0. The van der Waals surface area contributed by atoms with Crippen LogP contribution in [0, 0.1) is 0 Å². The zero-order valence-corrected chi connectivity index (χ0v) is 5.77. The monoisotopic (exact) mass is 196 g/mol. The van der Waals surface area contributed by atoms with Crippen molar-refractivity contribution < 1.29 is 24.6 Å². The van der Waals surface area contributed by atoms with Gasteiger partial charge in [0, 0.05) is 19.5 Å². The minimum absolute atomic E-state index is 0. The molecule has 0 aliphatic carbocycles. The van der Waals surface area contributed by atoms with Crippen LogP contribution in [0.25, 0.3) is 0 Å². The van der Waals surface area contributed by atoms with Crippen LogP contribution in [0.5, 0.6) is 5.75 Å². The molecule has 1 rings (SSSR count). The second-order valence-corrected chi connectivity index (χ2v) is 1.31. The topological polar surface area (TPSA) is 23.1 Å². The van der Waals surface area contributed by atoms with Crippen molar-refractivity contribution >= 4 is 0 Å². The minimum atomic E-state index is 0. The maximum atomic E-state index is 10.3. The maximum Gasteiger partial charge on any atom is 0 e. The van der Waals surface area contributed by atoms with E-state index < -0.39 is 0 Å². The van der Waals surface area contributed by atoms with Gasteiger partial charge in [0.2, 0.25) is 0 Å².